The average molecular weight is 418 g/mol. The third-order valence-electron chi connectivity index (χ3n) is 6.00. The first-order valence-electron chi connectivity index (χ1n) is 12.1. The zero-order valence-electron chi connectivity index (χ0n) is 19.2. The Balaban J connectivity index is 1.61. The Morgan fingerprint density at radius 1 is 0.645 bits per heavy atom. The molecule has 31 heavy (non-hydrogen) atoms. The molecule has 3 rings (SSSR count). The Morgan fingerprint density at radius 3 is 1.94 bits per heavy atom. The van der Waals surface area contributed by atoms with Crippen molar-refractivity contribution in [2.24, 2.45) is 0 Å². The van der Waals surface area contributed by atoms with Crippen LogP contribution in [0.4, 0.5) is 4.39 Å². The minimum Gasteiger partial charge on any atom is -0.256 e. The zero-order valence-corrected chi connectivity index (χ0v) is 19.2. The van der Waals surface area contributed by atoms with Crippen LogP contribution in [0.15, 0.2) is 60.8 Å². The lowest BCUT2D eigenvalue weighted by atomic mass is 10.0. The van der Waals surface area contributed by atoms with Crippen LogP contribution in [-0.2, 0) is 12.8 Å². The summed E-state index contributed by atoms with van der Waals surface area (Å²) in [6, 6.07) is 18.3. The van der Waals surface area contributed by atoms with Crippen LogP contribution in [0.5, 0.6) is 0 Å². The van der Waals surface area contributed by atoms with Crippen molar-refractivity contribution in [2.45, 2.75) is 78.1 Å². The van der Waals surface area contributed by atoms with Crippen molar-refractivity contribution in [2.75, 3.05) is 0 Å². The predicted octanol–water partition coefficient (Wildman–Crippen LogP) is 8.80. The van der Waals surface area contributed by atoms with E-state index >= 15 is 0 Å². The fourth-order valence-electron chi connectivity index (χ4n) is 4.02. The Kier molecular flexibility index (Phi) is 9.27. The Morgan fingerprint density at radius 2 is 1.26 bits per heavy atom. The topological polar surface area (TPSA) is 12.9 Å². The highest BCUT2D eigenvalue weighted by Crippen LogP contribution is 2.26. The molecule has 1 heterocycles. The SMILES string of the molecule is CCCCCCCc1ccc(-c2ccc(-c3ccc(CCCCC)cc3F)nc2)cc1. The summed E-state index contributed by atoms with van der Waals surface area (Å²) in [4.78, 5) is 4.55. The van der Waals surface area contributed by atoms with Gasteiger partial charge in [0, 0.05) is 17.3 Å². The maximum absolute atomic E-state index is 14.6. The number of hydrogen-bond acceptors (Lipinski definition) is 1. The summed E-state index contributed by atoms with van der Waals surface area (Å²) in [5.41, 5.74) is 5.94. The number of halogens is 1. The van der Waals surface area contributed by atoms with Gasteiger partial charge in [0.25, 0.3) is 0 Å². The van der Waals surface area contributed by atoms with Crippen LogP contribution in [0, 0.1) is 5.82 Å². The largest absolute Gasteiger partial charge is 0.256 e. The number of hydrogen-bond donors (Lipinski definition) is 0. The van der Waals surface area contributed by atoms with Gasteiger partial charge in [0.2, 0.25) is 0 Å². The molecule has 164 valence electrons. The molecule has 2 aromatic carbocycles. The molecule has 0 aliphatic rings. The number of nitrogens with zero attached hydrogens (tertiary/aromatic N) is 1. The van der Waals surface area contributed by atoms with E-state index in [9.17, 15) is 4.39 Å². The molecular weight excluding hydrogens is 381 g/mol. The predicted molar refractivity (Wildman–Crippen MR) is 131 cm³/mol. The summed E-state index contributed by atoms with van der Waals surface area (Å²) in [7, 11) is 0. The number of aryl methyl sites for hydroxylation is 2. The van der Waals surface area contributed by atoms with Crippen molar-refractivity contribution < 1.29 is 4.39 Å². The molecule has 0 unspecified atom stereocenters. The lowest BCUT2D eigenvalue weighted by Gasteiger charge is -2.08. The van der Waals surface area contributed by atoms with Crippen LogP contribution in [0.1, 0.15) is 76.3 Å². The molecular formula is C29H36FN. The molecule has 2 heteroatoms. The first-order chi connectivity index (χ1) is 15.2. The van der Waals surface area contributed by atoms with Crippen molar-refractivity contribution >= 4 is 0 Å². The molecule has 0 saturated carbocycles. The van der Waals surface area contributed by atoms with Gasteiger partial charge in [-0.25, -0.2) is 4.39 Å². The van der Waals surface area contributed by atoms with Gasteiger partial charge >= 0.3 is 0 Å². The molecule has 0 saturated heterocycles. The Bertz CT molecular complexity index is 912. The molecule has 0 amide bonds. The molecule has 0 aliphatic heterocycles. The molecule has 1 aromatic heterocycles. The number of rotatable bonds is 12. The number of unbranched alkanes of at least 4 members (excludes halogenated alkanes) is 6. The van der Waals surface area contributed by atoms with Gasteiger partial charge in [-0.05, 0) is 60.6 Å². The standard InChI is InChI=1S/C29H36FN/c1-3-5-7-8-10-11-23-13-16-25(17-14-23)26-18-20-29(31-22-26)27-19-15-24(21-28(27)30)12-9-6-4-2/h13-22H,3-12H2,1-2H3. The van der Waals surface area contributed by atoms with Gasteiger partial charge in [0.05, 0.1) is 5.69 Å². The summed E-state index contributed by atoms with van der Waals surface area (Å²) in [6.07, 6.45) is 14.0. The van der Waals surface area contributed by atoms with E-state index in [4.69, 9.17) is 0 Å². The fourth-order valence-corrected chi connectivity index (χ4v) is 4.02. The lowest BCUT2D eigenvalue weighted by Crippen LogP contribution is -1.92. The van der Waals surface area contributed by atoms with E-state index in [1.807, 2.05) is 30.5 Å². The van der Waals surface area contributed by atoms with Crippen LogP contribution < -0.4 is 0 Å². The van der Waals surface area contributed by atoms with Crippen molar-refractivity contribution in [3.8, 4) is 22.4 Å². The van der Waals surface area contributed by atoms with Crippen molar-refractivity contribution in [1.82, 2.24) is 4.98 Å². The van der Waals surface area contributed by atoms with E-state index < -0.39 is 0 Å². The second-order valence-corrected chi connectivity index (χ2v) is 8.56. The molecule has 0 aliphatic carbocycles. The quantitative estimate of drug-likeness (QED) is 0.268. The molecule has 0 spiro atoms. The van der Waals surface area contributed by atoms with E-state index in [0.717, 1.165) is 36.0 Å². The maximum Gasteiger partial charge on any atom is 0.132 e. The van der Waals surface area contributed by atoms with Gasteiger partial charge in [-0.15, -0.1) is 0 Å². The smallest absolute Gasteiger partial charge is 0.132 e. The summed E-state index contributed by atoms with van der Waals surface area (Å²) in [5, 5.41) is 0. The zero-order chi connectivity index (χ0) is 21.9. The molecule has 0 radical (unpaired) electrons. The average Bonchev–Trinajstić information content (AvgIpc) is 2.80. The minimum absolute atomic E-state index is 0.183. The number of pyridine rings is 1. The van der Waals surface area contributed by atoms with Gasteiger partial charge in [-0.1, -0.05) is 88.8 Å². The number of aromatic nitrogens is 1. The van der Waals surface area contributed by atoms with Crippen LogP contribution in [0.25, 0.3) is 22.4 Å². The molecule has 0 bridgehead atoms. The second kappa shape index (κ2) is 12.4. The van der Waals surface area contributed by atoms with Crippen LogP contribution >= 0.6 is 0 Å². The van der Waals surface area contributed by atoms with Gasteiger partial charge < -0.3 is 0 Å². The highest BCUT2D eigenvalue weighted by Gasteiger charge is 2.08. The number of benzene rings is 2. The molecule has 0 fully saturated rings. The summed E-state index contributed by atoms with van der Waals surface area (Å²) < 4.78 is 14.6. The molecule has 3 aromatic rings. The van der Waals surface area contributed by atoms with E-state index in [1.165, 1.54) is 50.5 Å². The van der Waals surface area contributed by atoms with Crippen LogP contribution in [-0.4, -0.2) is 4.98 Å². The Hall–Kier alpha value is -2.48. The van der Waals surface area contributed by atoms with Crippen molar-refractivity contribution in [3.63, 3.8) is 0 Å². The summed E-state index contributed by atoms with van der Waals surface area (Å²) >= 11 is 0. The highest BCUT2D eigenvalue weighted by molar-refractivity contribution is 5.67. The lowest BCUT2D eigenvalue weighted by molar-refractivity contribution is 0.626. The van der Waals surface area contributed by atoms with Crippen LogP contribution in [0.2, 0.25) is 0 Å². The first kappa shape index (κ1) is 23.2. The summed E-state index contributed by atoms with van der Waals surface area (Å²) in [6.45, 7) is 4.44. The van der Waals surface area contributed by atoms with E-state index in [2.05, 4.69) is 43.1 Å². The highest BCUT2D eigenvalue weighted by atomic mass is 19.1. The molecule has 0 N–H and O–H groups in total. The third kappa shape index (κ3) is 7.02. The van der Waals surface area contributed by atoms with E-state index in [1.54, 1.807) is 6.07 Å². The molecule has 0 atom stereocenters. The van der Waals surface area contributed by atoms with Crippen molar-refractivity contribution in [1.29, 1.82) is 0 Å². The van der Waals surface area contributed by atoms with E-state index in [-0.39, 0.29) is 5.82 Å². The Labute approximate surface area is 187 Å². The second-order valence-electron chi connectivity index (χ2n) is 8.56. The van der Waals surface area contributed by atoms with Gasteiger partial charge in [-0.2, -0.15) is 0 Å². The normalized spacial score (nSPS) is 11.1. The van der Waals surface area contributed by atoms with Crippen molar-refractivity contribution in [3.05, 3.63) is 77.7 Å². The van der Waals surface area contributed by atoms with Crippen LogP contribution in [0.3, 0.4) is 0 Å². The van der Waals surface area contributed by atoms with E-state index in [0.29, 0.717) is 11.3 Å². The van der Waals surface area contributed by atoms with Gasteiger partial charge in [0.15, 0.2) is 0 Å². The monoisotopic (exact) mass is 417 g/mol. The maximum atomic E-state index is 14.6. The minimum atomic E-state index is -0.183. The summed E-state index contributed by atoms with van der Waals surface area (Å²) in [5.74, 6) is -0.183. The first-order valence-corrected chi connectivity index (χ1v) is 12.1. The molecule has 1 nitrogen and oxygen atoms in total. The van der Waals surface area contributed by atoms with Gasteiger partial charge in [0.1, 0.15) is 5.82 Å². The van der Waals surface area contributed by atoms with Gasteiger partial charge in [-0.3, -0.25) is 4.98 Å². The fraction of sp³-hybridized carbons (Fsp3) is 0.414. The third-order valence-corrected chi connectivity index (χ3v) is 6.00.